The molecule has 0 aromatic rings. The molecule has 1 heterocycles. The lowest BCUT2D eigenvalue weighted by atomic mass is 9.85. The summed E-state index contributed by atoms with van der Waals surface area (Å²) in [4.78, 5) is 24.4. The zero-order valence-corrected chi connectivity index (χ0v) is 10.0. The molecule has 1 atom stereocenters. The highest BCUT2D eigenvalue weighted by molar-refractivity contribution is 5.76. The summed E-state index contributed by atoms with van der Waals surface area (Å²) in [6.45, 7) is 1.78. The predicted molar refractivity (Wildman–Crippen MR) is 62.7 cm³/mol. The fourth-order valence-electron chi connectivity index (χ4n) is 2.40. The molecule has 1 saturated heterocycles. The van der Waals surface area contributed by atoms with Crippen molar-refractivity contribution in [1.82, 2.24) is 10.2 Å². The molecule has 17 heavy (non-hydrogen) atoms. The molecule has 2 amide bonds. The second-order valence-corrected chi connectivity index (χ2v) is 5.11. The average Bonchev–Trinajstić information content (AvgIpc) is 2.27. The van der Waals surface area contributed by atoms with Crippen molar-refractivity contribution in [3.63, 3.8) is 0 Å². The molecular formula is C12H20N2O3. The Balaban J connectivity index is 1.75. The first-order valence-electron chi connectivity index (χ1n) is 6.42. The molecule has 1 unspecified atom stereocenters. The maximum absolute atomic E-state index is 11.8. The smallest absolute Gasteiger partial charge is 0.317 e. The number of aliphatic carboxylic acids is 1. The minimum absolute atomic E-state index is 0.0946. The minimum Gasteiger partial charge on any atom is -0.481 e. The van der Waals surface area contributed by atoms with Crippen LogP contribution in [0.4, 0.5) is 4.79 Å². The fourth-order valence-corrected chi connectivity index (χ4v) is 2.40. The summed E-state index contributed by atoms with van der Waals surface area (Å²) in [6, 6.07) is -0.0946. The van der Waals surface area contributed by atoms with Crippen LogP contribution in [0.25, 0.3) is 0 Å². The Hall–Kier alpha value is -1.26. The molecule has 1 saturated carbocycles. The standard InChI is InChI=1S/C12H20N2O3/c15-11(16)10-5-2-6-14(8-10)12(17)13-7-9-3-1-4-9/h9-10H,1-8H2,(H,13,17)(H,15,16). The summed E-state index contributed by atoms with van der Waals surface area (Å²) in [5, 5.41) is 11.9. The minimum atomic E-state index is -0.790. The lowest BCUT2D eigenvalue weighted by molar-refractivity contribution is -0.143. The number of likely N-dealkylation sites (tertiary alicyclic amines) is 1. The van der Waals surface area contributed by atoms with Crippen LogP contribution < -0.4 is 5.32 Å². The fraction of sp³-hybridized carbons (Fsp3) is 0.833. The number of nitrogens with zero attached hydrogens (tertiary/aromatic N) is 1. The average molecular weight is 240 g/mol. The molecule has 0 aromatic heterocycles. The lowest BCUT2D eigenvalue weighted by Crippen LogP contribution is -2.48. The van der Waals surface area contributed by atoms with E-state index in [2.05, 4.69) is 5.32 Å². The van der Waals surface area contributed by atoms with Gasteiger partial charge in [0.15, 0.2) is 0 Å². The third-order valence-electron chi connectivity index (χ3n) is 3.82. The number of hydrogen-bond donors (Lipinski definition) is 2. The van der Waals surface area contributed by atoms with Crippen LogP contribution in [0.15, 0.2) is 0 Å². The van der Waals surface area contributed by atoms with Gasteiger partial charge in [-0.25, -0.2) is 4.79 Å². The summed E-state index contributed by atoms with van der Waals surface area (Å²) in [7, 11) is 0. The van der Waals surface area contributed by atoms with Gasteiger partial charge in [0.05, 0.1) is 5.92 Å². The third kappa shape index (κ3) is 3.11. The maximum atomic E-state index is 11.8. The van der Waals surface area contributed by atoms with Gasteiger partial charge in [0, 0.05) is 19.6 Å². The van der Waals surface area contributed by atoms with Crippen LogP contribution in [0.2, 0.25) is 0 Å². The van der Waals surface area contributed by atoms with Gasteiger partial charge < -0.3 is 15.3 Å². The first kappa shape index (κ1) is 12.2. The molecule has 96 valence electrons. The summed E-state index contributed by atoms with van der Waals surface area (Å²) in [5.74, 6) is -0.543. The van der Waals surface area contributed by atoms with Crippen molar-refractivity contribution in [3.8, 4) is 0 Å². The SMILES string of the molecule is O=C(O)C1CCCN(C(=O)NCC2CCC2)C1. The van der Waals surface area contributed by atoms with Crippen molar-refractivity contribution in [3.05, 3.63) is 0 Å². The molecule has 2 fully saturated rings. The van der Waals surface area contributed by atoms with Crippen molar-refractivity contribution < 1.29 is 14.7 Å². The molecule has 1 aliphatic carbocycles. The van der Waals surface area contributed by atoms with Crippen LogP contribution in [0.3, 0.4) is 0 Å². The number of nitrogens with one attached hydrogen (secondary N) is 1. The van der Waals surface area contributed by atoms with Crippen LogP contribution in [0.5, 0.6) is 0 Å². The van der Waals surface area contributed by atoms with Crippen molar-refractivity contribution in [2.75, 3.05) is 19.6 Å². The highest BCUT2D eigenvalue weighted by Gasteiger charge is 2.28. The molecule has 0 aromatic carbocycles. The van der Waals surface area contributed by atoms with E-state index in [4.69, 9.17) is 5.11 Å². The number of carbonyl (C=O) groups is 2. The van der Waals surface area contributed by atoms with E-state index in [1.54, 1.807) is 4.90 Å². The molecule has 5 heteroatoms. The van der Waals surface area contributed by atoms with Gasteiger partial charge in [-0.05, 0) is 31.6 Å². The van der Waals surface area contributed by atoms with Crippen molar-refractivity contribution in [2.45, 2.75) is 32.1 Å². The Morgan fingerprint density at radius 3 is 2.59 bits per heavy atom. The second kappa shape index (κ2) is 5.38. The molecule has 2 N–H and O–H groups in total. The number of carboxylic acid groups (broad SMARTS) is 1. The van der Waals surface area contributed by atoms with Crippen molar-refractivity contribution >= 4 is 12.0 Å². The zero-order valence-electron chi connectivity index (χ0n) is 10.0. The van der Waals surface area contributed by atoms with Gasteiger partial charge in [-0.3, -0.25) is 4.79 Å². The van der Waals surface area contributed by atoms with E-state index < -0.39 is 11.9 Å². The number of hydrogen-bond acceptors (Lipinski definition) is 2. The van der Waals surface area contributed by atoms with Crippen molar-refractivity contribution in [1.29, 1.82) is 0 Å². The van der Waals surface area contributed by atoms with E-state index in [9.17, 15) is 9.59 Å². The molecule has 0 bridgehead atoms. The van der Waals surface area contributed by atoms with Crippen LogP contribution in [-0.2, 0) is 4.79 Å². The van der Waals surface area contributed by atoms with Gasteiger partial charge in [0.1, 0.15) is 0 Å². The highest BCUT2D eigenvalue weighted by Crippen LogP contribution is 2.25. The molecule has 2 rings (SSSR count). The van der Waals surface area contributed by atoms with Crippen LogP contribution in [0, 0.1) is 11.8 Å². The van der Waals surface area contributed by atoms with E-state index in [1.807, 2.05) is 0 Å². The van der Waals surface area contributed by atoms with Gasteiger partial charge >= 0.3 is 12.0 Å². The first-order chi connectivity index (χ1) is 8.16. The molecule has 5 nitrogen and oxygen atoms in total. The van der Waals surface area contributed by atoms with Gasteiger partial charge in [0.25, 0.3) is 0 Å². The zero-order chi connectivity index (χ0) is 12.3. The van der Waals surface area contributed by atoms with Gasteiger partial charge in [0.2, 0.25) is 0 Å². The molecule has 0 radical (unpaired) electrons. The number of amides is 2. The maximum Gasteiger partial charge on any atom is 0.317 e. The Kier molecular flexibility index (Phi) is 3.86. The molecule has 2 aliphatic rings. The summed E-state index contributed by atoms with van der Waals surface area (Å²) in [5.41, 5.74) is 0. The molecular weight excluding hydrogens is 220 g/mol. The number of urea groups is 1. The van der Waals surface area contributed by atoms with Gasteiger partial charge in [-0.2, -0.15) is 0 Å². The monoisotopic (exact) mass is 240 g/mol. The second-order valence-electron chi connectivity index (χ2n) is 5.11. The number of carbonyl (C=O) groups excluding carboxylic acids is 1. The van der Waals surface area contributed by atoms with E-state index in [-0.39, 0.29) is 6.03 Å². The topological polar surface area (TPSA) is 69.6 Å². The van der Waals surface area contributed by atoms with Crippen LogP contribution in [-0.4, -0.2) is 41.6 Å². The first-order valence-corrected chi connectivity index (χ1v) is 6.42. The Morgan fingerprint density at radius 2 is 2.00 bits per heavy atom. The Morgan fingerprint density at radius 1 is 1.24 bits per heavy atom. The van der Waals surface area contributed by atoms with E-state index in [0.717, 1.165) is 13.0 Å². The van der Waals surface area contributed by atoms with E-state index in [1.165, 1.54) is 19.3 Å². The van der Waals surface area contributed by atoms with Gasteiger partial charge in [-0.1, -0.05) is 6.42 Å². The summed E-state index contributed by atoms with van der Waals surface area (Å²) >= 11 is 0. The molecule has 0 spiro atoms. The Bertz CT molecular complexity index is 302. The lowest BCUT2D eigenvalue weighted by Gasteiger charge is -2.32. The summed E-state index contributed by atoms with van der Waals surface area (Å²) < 4.78 is 0. The Labute approximate surface area is 101 Å². The number of rotatable bonds is 3. The van der Waals surface area contributed by atoms with E-state index >= 15 is 0 Å². The largest absolute Gasteiger partial charge is 0.481 e. The molecule has 1 aliphatic heterocycles. The van der Waals surface area contributed by atoms with Crippen LogP contribution in [0.1, 0.15) is 32.1 Å². The van der Waals surface area contributed by atoms with Crippen molar-refractivity contribution in [2.24, 2.45) is 11.8 Å². The van der Waals surface area contributed by atoms with E-state index in [0.29, 0.717) is 25.4 Å². The third-order valence-corrected chi connectivity index (χ3v) is 3.82. The highest BCUT2D eigenvalue weighted by atomic mass is 16.4. The number of carboxylic acids is 1. The number of piperidine rings is 1. The van der Waals surface area contributed by atoms with Gasteiger partial charge in [-0.15, -0.1) is 0 Å². The quantitative estimate of drug-likeness (QED) is 0.781. The van der Waals surface area contributed by atoms with Crippen LogP contribution >= 0.6 is 0 Å². The predicted octanol–water partition coefficient (Wildman–Crippen LogP) is 1.29. The summed E-state index contributed by atoms with van der Waals surface area (Å²) in [6.07, 6.45) is 5.15. The normalized spacial score (nSPS) is 25.2.